The van der Waals surface area contributed by atoms with Crippen molar-refractivity contribution in [3.05, 3.63) is 58.3 Å². The molecule has 0 aliphatic carbocycles. The van der Waals surface area contributed by atoms with Gasteiger partial charge in [0.2, 0.25) is 0 Å². The minimum atomic E-state index is -1.82. The molecule has 4 rings (SSSR count). The van der Waals surface area contributed by atoms with Gasteiger partial charge in [0.05, 0.1) is 17.6 Å². The van der Waals surface area contributed by atoms with Crippen LogP contribution in [0.5, 0.6) is 0 Å². The van der Waals surface area contributed by atoms with E-state index in [0.717, 1.165) is 36.5 Å². The van der Waals surface area contributed by atoms with Crippen LogP contribution < -0.4 is 5.56 Å². The smallest absolute Gasteiger partial charge is 0.414 e. The second-order valence-electron chi connectivity index (χ2n) is 6.69. The van der Waals surface area contributed by atoms with Gasteiger partial charge in [-0.25, -0.2) is 19.7 Å². The molecule has 0 bridgehead atoms. The fourth-order valence-corrected chi connectivity index (χ4v) is 3.03. The summed E-state index contributed by atoms with van der Waals surface area (Å²) in [5.74, 6) is -2.87. The van der Waals surface area contributed by atoms with Gasteiger partial charge in [-0.05, 0) is 18.2 Å². The predicted molar refractivity (Wildman–Crippen MR) is 107 cm³/mol. The average molecular weight is 428 g/mol. The average Bonchev–Trinajstić information content (AvgIpc) is 3.17. The molecule has 3 heterocycles. The number of amides is 1. The van der Waals surface area contributed by atoms with Crippen LogP contribution in [0.1, 0.15) is 16.3 Å². The number of rotatable bonds is 3. The van der Waals surface area contributed by atoms with Crippen molar-refractivity contribution in [2.75, 3.05) is 26.2 Å². The van der Waals surface area contributed by atoms with Crippen molar-refractivity contribution in [1.29, 1.82) is 0 Å². The lowest BCUT2D eigenvalue weighted by molar-refractivity contribution is -0.159. The van der Waals surface area contributed by atoms with E-state index in [1.165, 1.54) is 12.1 Å². The molecular formula is C19H20N6O6. The van der Waals surface area contributed by atoms with Crippen LogP contribution >= 0.6 is 0 Å². The van der Waals surface area contributed by atoms with E-state index in [0.29, 0.717) is 13.1 Å². The van der Waals surface area contributed by atoms with Gasteiger partial charge in [-0.3, -0.25) is 14.5 Å². The monoisotopic (exact) mass is 428 g/mol. The molecule has 1 aromatic carbocycles. The van der Waals surface area contributed by atoms with Gasteiger partial charge in [0.25, 0.3) is 11.5 Å². The van der Waals surface area contributed by atoms with Gasteiger partial charge in [-0.1, -0.05) is 12.1 Å². The fourth-order valence-electron chi connectivity index (χ4n) is 3.03. The van der Waals surface area contributed by atoms with E-state index in [-0.39, 0.29) is 17.2 Å². The Morgan fingerprint density at radius 2 is 1.65 bits per heavy atom. The van der Waals surface area contributed by atoms with E-state index < -0.39 is 11.9 Å². The van der Waals surface area contributed by atoms with Crippen molar-refractivity contribution in [3.63, 3.8) is 0 Å². The molecule has 31 heavy (non-hydrogen) atoms. The Bertz CT molecular complexity index is 1080. The lowest BCUT2D eigenvalue weighted by atomic mass is 10.2. The minimum absolute atomic E-state index is 0.153. The number of hydrogen-bond acceptors (Lipinski definition) is 7. The fraction of sp³-hybridized carbons (Fsp3) is 0.263. The number of carboxylic acids is 2. The van der Waals surface area contributed by atoms with Crippen LogP contribution in [0.25, 0.3) is 11.0 Å². The van der Waals surface area contributed by atoms with E-state index in [1.807, 2.05) is 24.3 Å². The van der Waals surface area contributed by atoms with E-state index >= 15 is 0 Å². The van der Waals surface area contributed by atoms with Gasteiger partial charge < -0.3 is 20.1 Å². The molecule has 12 heteroatoms. The van der Waals surface area contributed by atoms with E-state index in [2.05, 4.69) is 25.1 Å². The van der Waals surface area contributed by atoms with E-state index in [9.17, 15) is 9.59 Å². The Balaban J connectivity index is 0.000000401. The summed E-state index contributed by atoms with van der Waals surface area (Å²) in [6.07, 6.45) is 0. The molecule has 0 radical (unpaired) electrons. The zero-order valence-corrected chi connectivity index (χ0v) is 16.3. The number of hydrogen-bond donors (Lipinski definition) is 4. The molecule has 0 atom stereocenters. The van der Waals surface area contributed by atoms with Crippen molar-refractivity contribution in [2.24, 2.45) is 0 Å². The summed E-state index contributed by atoms with van der Waals surface area (Å²) in [6, 6.07) is 10.7. The third kappa shape index (κ3) is 5.73. The molecule has 1 fully saturated rings. The lowest BCUT2D eigenvalue weighted by Gasteiger charge is -2.34. The third-order valence-corrected chi connectivity index (χ3v) is 4.55. The molecule has 0 spiro atoms. The number of fused-ring (bicyclic) bond motifs is 1. The third-order valence-electron chi connectivity index (χ3n) is 4.55. The van der Waals surface area contributed by atoms with E-state index in [1.54, 1.807) is 4.90 Å². The molecule has 1 aliphatic rings. The molecule has 162 valence electrons. The Labute approximate surface area is 175 Å². The molecule has 1 aliphatic heterocycles. The zero-order valence-electron chi connectivity index (χ0n) is 16.3. The number of aliphatic carboxylic acids is 2. The molecule has 4 N–H and O–H groups in total. The first-order valence-electron chi connectivity index (χ1n) is 9.30. The number of carboxylic acid groups (broad SMARTS) is 2. The summed E-state index contributed by atoms with van der Waals surface area (Å²) in [6.45, 7) is 3.52. The number of benzene rings is 1. The number of H-pyrrole nitrogens is 2. The highest BCUT2D eigenvalue weighted by Gasteiger charge is 2.23. The topological polar surface area (TPSA) is 173 Å². The first kappa shape index (κ1) is 21.6. The number of nitrogens with zero attached hydrogens (tertiary/aromatic N) is 4. The van der Waals surface area contributed by atoms with Crippen LogP contribution in [0.2, 0.25) is 0 Å². The minimum Gasteiger partial charge on any atom is -0.473 e. The number of nitrogens with one attached hydrogen (secondary N) is 2. The SMILES string of the molecule is O=C(O)C(=O)O.O=C(c1ccc(=O)[nH]n1)N1CCN(Cc2nc3ccccc3[nH]2)CC1. The molecule has 0 unspecified atom stereocenters. The van der Waals surface area contributed by atoms with Crippen molar-refractivity contribution in [1.82, 2.24) is 30.0 Å². The largest absolute Gasteiger partial charge is 0.473 e. The maximum atomic E-state index is 12.4. The summed E-state index contributed by atoms with van der Waals surface area (Å²) in [5, 5.41) is 20.9. The molecule has 12 nitrogen and oxygen atoms in total. The van der Waals surface area contributed by atoms with Gasteiger partial charge in [0, 0.05) is 32.2 Å². The van der Waals surface area contributed by atoms with Crippen molar-refractivity contribution < 1.29 is 24.6 Å². The summed E-state index contributed by atoms with van der Waals surface area (Å²) >= 11 is 0. The highest BCUT2D eigenvalue weighted by atomic mass is 16.4. The van der Waals surface area contributed by atoms with Crippen LogP contribution in [-0.2, 0) is 16.1 Å². The van der Waals surface area contributed by atoms with Gasteiger partial charge in [-0.2, -0.15) is 5.10 Å². The van der Waals surface area contributed by atoms with Gasteiger partial charge in [-0.15, -0.1) is 0 Å². The van der Waals surface area contributed by atoms with Crippen molar-refractivity contribution >= 4 is 28.9 Å². The Hall–Kier alpha value is -4.06. The number of piperazine rings is 1. The van der Waals surface area contributed by atoms with Crippen LogP contribution in [0.4, 0.5) is 0 Å². The lowest BCUT2D eigenvalue weighted by Crippen LogP contribution is -2.48. The quantitative estimate of drug-likeness (QED) is 0.411. The number of imidazole rings is 1. The molecule has 1 saturated heterocycles. The molecule has 1 amide bonds. The second-order valence-corrected chi connectivity index (χ2v) is 6.69. The maximum absolute atomic E-state index is 12.4. The number of para-hydroxylation sites is 2. The summed E-state index contributed by atoms with van der Waals surface area (Å²) in [7, 11) is 0. The Kier molecular flexibility index (Phi) is 6.72. The summed E-state index contributed by atoms with van der Waals surface area (Å²) < 4.78 is 0. The maximum Gasteiger partial charge on any atom is 0.414 e. The predicted octanol–water partition coefficient (Wildman–Crippen LogP) is -0.240. The number of carbonyl (C=O) groups excluding carboxylic acids is 1. The van der Waals surface area contributed by atoms with Crippen LogP contribution in [0, 0.1) is 0 Å². The molecule has 0 saturated carbocycles. The van der Waals surface area contributed by atoms with E-state index in [4.69, 9.17) is 19.8 Å². The van der Waals surface area contributed by atoms with Crippen LogP contribution in [0.15, 0.2) is 41.2 Å². The number of aromatic amines is 2. The van der Waals surface area contributed by atoms with Gasteiger partial charge >= 0.3 is 11.9 Å². The Morgan fingerprint density at radius 3 is 2.23 bits per heavy atom. The summed E-state index contributed by atoms with van der Waals surface area (Å²) in [4.78, 5) is 53.6. The highest BCUT2D eigenvalue weighted by Crippen LogP contribution is 2.13. The van der Waals surface area contributed by atoms with Gasteiger partial charge in [0.15, 0.2) is 0 Å². The number of carbonyl (C=O) groups is 3. The van der Waals surface area contributed by atoms with Crippen LogP contribution in [-0.4, -0.2) is 84.2 Å². The van der Waals surface area contributed by atoms with Crippen LogP contribution in [0.3, 0.4) is 0 Å². The number of aromatic nitrogens is 4. The molecular weight excluding hydrogens is 408 g/mol. The first-order chi connectivity index (χ1) is 14.8. The molecule has 3 aromatic rings. The normalized spacial score (nSPS) is 14.0. The van der Waals surface area contributed by atoms with Gasteiger partial charge in [0.1, 0.15) is 11.5 Å². The summed E-state index contributed by atoms with van der Waals surface area (Å²) in [5.41, 5.74) is 1.96. The second kappa shape index (κ2) is 9.63. The zero-order chi connectivity index (χ0) is 22.4. The molecule has 2 aromatic heterocycles. The van der Waals surface area contributed by atoms with Crippen molar-refractivity contribution in [2.45, 2.75) is 6.54 Å². The Morgan fingerprint density at radius 1 is 0.968 bits per heavy atom. The first-order valence-corrected chi connectivity index (χ1v) is 9.30. The standard InChI is InChI=1S/C17H18N6O2.C2H2O4/c24-16-6-5-14(20-21-16)17(25)23-9-7-22(8-10-23)11-15-18-12-3-1-2-4-13(12)19-15;3-1(4)2(5)6/h1-6H,7-11H2,(H,18,19)(H,21,24);(H,3,4)(H,5,6). The van der Waals surface area contributed by atoms with Crippen molar-refractivity contribution in [3.8, 4) is 0 Å². The highest BCUT2D eigenvalue weighted by molar-refractivity contribution is 6.27.